The Bertz CT molecular complexity index is 72.4. The highest BCUT2D eigenvalue weighted by molar-refractivity contribution is 6.27. The highest BCUT2D eigenvalue weighted by atomic mass is 35.5. The van der Waals surface area contributed by atoms with Crippen LogP contribution in [0.25, 0.3) is 0 Å². The van der Waals surface area contributed by atoms with E-state index in [1.54, 1.807) is 19.0 Å². The Kier molecular flexibility index (Phi) is 7.09. The van der Waals surface area contributed by atoms with E-state index in [-0.39, 0.29) is 12.4 Å². The van der Waals surface area contributed by atoms with Crippen LogP contribution in [0.15, 0.2) is 0 Å². The van der Waals surface area contributed by atoms with Crippen molar-refractivity contribution < 1.29 is 0 Å². The Morgan fingerprint density at radius 2 is 2.00 bits per heavy atom. The Morgan fingerprint density at radius 1 is 1.62 bits per heavy atom. The van der Waals surface area contributed by atoms with Crippen molar-refractivity contribution in [1.29, 1.82) is 5.41 Å². The van der Waals surface area contributed by atoms with Crippen LogP contribution in [0.1, 0.15) is 0 Å². The molecule has 0 aromatic rings. The molecule has 0 fully saturated rings. The average molecular weight is 157 g/mol. The molecule has 0 aliphatic heterocycles. The molecule has 0 saturated carbocycles. The topological polar surface area (TPSA) is 27.1 Å². The Labute approximate surface area is 60.7 Å². The normalized spacial score (nSPS) is 7.38. The highest BCUT2D eigenvalue weighted by Gasteiger charge is 1.91. The SMILES string of the molecule is CN(C)C(=N)CCl.Cl. The minimum Gasteiger partial charge on any atom is -0.366 e. The summed E-state index contributed by atoms with van der Waals surface area (Å²) >= 11 is 5.28. The van der Waals surface area contributed by atoms with E-state index in [9.17, 15) is 0 Å². The highest BCUT2D eigenvalue weighted by Crippen LogP contribution is 1.81. The van der Waals surface area contributed by atoms with Crippen molar-refractivity contribution in [2.24, 2.45) is 0 Å². The van der Waals surface area contributed by atoms with Crippen LogP contribution < -0.4 is 0 Å². The number of amidine groups is 1. The summed E-state index contributed by atoms with van der Waals surface area (Å²) in [6.45, 7) is 0. The van der Waals surface area contributed by atoms with Crippen molar-refractivity contribution in [2.75, 3.05) is 20.0 Å². The van der Waals surface area contributed by atoms with Gasteiger partial charge in [0.15, 0.2) is 0 Å². The Morgan fingerprint density at radius 3 is 2.00 bits per heavy atom. The van der Waals surface area contributed by atoms with Gasteiger partial charge in [-0.2, -0.15) is 0 Å². The van der Waals surface area contributed by atoms with Crippen LogP contribution >= 0.6 is 24.0 Å². The first-order valence-corrected chi connectivity index (χ1v) is 2.52. The molecule has 0 bridgehead atoms. The fourth-order valence-electron chi connectivity index (χ4n) is 0.120. The predicted octanol–water partition coefficient (Wildman–Crippen LogP) is 1.19. The molecular formula is C4H10Cl2N2. The van der Waals surface area contributed by atoms with Crippen LogP contribution in [0, 0.1) is 5.41 Å². The number of hydrogen-bond acceptors (Lipinski definition) is 1. The smallest absolute Gasteiger partial charge is 0.110 e. The Balaban J connectivity index is 0. The standard InChI is InChI=1S/C4H9ClN2.ClH/c1-7(2)4(6)3-5;/h6H,3H2,1-2H3;1H. The lowest BCUT2D eigenvalue weighted by Gasteiger charge is -2.08. The van der Waals surface area contributed by atoms with Crippen LogP contribution in [0.2, 0.25) is 0 Å². The zero-order valence-corrected chi connectivity index (χ0v) is 6.51. The number of rotatable bonds is 1. The van der Waals surface area contributed by atoms with Gasteiger partial charge in [-0.25, -0.2) is 0 Å². The molecule has 0 aliphatic rings. The molecule has 0 radical (unpaired) electrons. The third-order valence-electron chi connectivity index (χ3n) is 0.666. The van der Waals surface area contributed by atoms with Crippen molar-refractivity contribution in [3.8, 4) is 0 Å². The summed E-state index contributed by atoms with van der Waals surface area (Å²) < 4.78 is 0. The maximum Gasteiger partial charge on any atom is 0.110 e. The first-order valence-electron chi connectivity index (χ1n) is 1.99. The molecule has 0 aromatic carbocycles. The molecule has 4 heteroatoms. The number of hydrogen-bond donors (Lipinski definition) is 1. The van der Waals surface area contributed by atoms with Crippen LogP contribution in [-0.4, -0.2) is 30.7 Å². The summed E-state index contributed by atoms with van der Waals surface area (Å²) in [5, 5.41) is 6.99. The van der Waals surface area contributed by atoms with E-state index in [1.807, 2.05) is 0 Å². The molecule has 0 aliphatic carbocycles. The van der Waals surface area contributed by atoms with Gasteiger partial charge in [0.25, 0.3) is 0 Å². The third kappa shape index (κ3) is 4.22. The van der Waals surface area contributed by atoms with E-state index in [4.69, 9.17) is 17.0 Å². The molecule has 50 valence electrons. The molecule has 0 unspecified atom stereocenters. The average Bonchev–Trinajstić information content (AvgIpc) is 1.65. The maximum atomic E-state index is 6.99. The summed E-state index contributed by atoms with van der Waals surface area (Å²) in [7, 11) is 3.59. The van der Waals surface area contributed by atoms with Crippen molar-refractivity contribution in [1.82, 2.24) is 4.90 Å². The molecule has 0 amide bonds. The van der Waals surface area contributed by atoms with Gasteiger partial charge in [0.1, 0.15) is 5.84 Å². The number of alkyl halides is 1. The molecule has 1 N–H and O–H groups in total. The molecule has 0 spiro atoms. The summed E-state index contributed by atoms with van der Waals surface area (Å²) in [5.74, 6) is 0.745. The monoisotopic (exact) mass is 156 g/mol. The van der Waals surface area contributed by atoms with E-state index in [2.05, 4.69) is 0 Å². The van der Waals surface area contributed by atoms with Gasteiger partial charge in [0, 0.05) is 14.1 Å². The minimum atomic E-state index is 0. The maximum absolute atomic E-state index is 6.99. The lowest BCUT2D eigenvalue weighted by atomic mass is 10.6. The predicted molar refractivity (Wildman–Crippen MR) is 39.4 cm³/mol. The quantitative estimate of drug-likeness (QED) is 0.345. The van der Waals surface area contributed by atoms with Crippen molar-refractivity contribution >= 4 is 29.8 Å². The molecule has 0 aromatic heterocycles. The Hall–Kier alpha value is 0.0500. The molecule has 8 heavy (non-hydrogen) atoms. The van der Waals surface area contributed by atoms with Gasteiger partial charge < -0.3 is 4.90 Å². The van der Waals surface area contributed by atoms with E-state index in [0.717, 1.165) is 0 Å². The zero-order chi connectivity index (χ0) is 5.86. The second-order valence-electron chi connectivity index (χ2n) is 1.47. The largest absolute Gasteiger partial charge is 0.366 e. The summed E-state index contributed by atoms with van der Waals surface area (Å²) in [4.78, 5) is 1.67. The number of nitrogens with one attached hydrogen (secondary N) is 1. The summed E-state index contributed by atoms with van der Waals surface area (Å²) in [6, 6.07) is 0. The molecule has 0 rings (SSSR count). The van der Waals surface area contributed by atoms with E-state index < -0.39 is 0 Å². The van der Waals surface area contributed by atoms with Gasteiger partial charge in [-0.1, -0.05) is 0 Å². The van der Waals surface area contributed by atoms with Crippen LogP contribution in [0.4, 0.5) is 0 Å². The van der Waals surface area contributed by atoms with E-state index in [1.165, 1.54) is 0 Å². The summed E-state index contributed by atoms with van der Waals surface area (Å²) in [5.41, 5.74) is 0. The van der Waals surface area contributed by atoms with Crippen LogP contribution in [0.3, 0.4) is 0 Å². The third-order valence-corrected chi connectivity index (χ3v) is 0.920. The van der Waals surface area contributed by atoms with Crippen LogP contribution in [0.5, 0.6) is 0 Å². The fourth-order valence-corrected chi connectivity index (χ4v) is 0.359. The van der Waals surface area contributed by atoms with E-state index in [0.29, 0.717) is 11.7 Å². The number of nitrogens with zero attached hydrogens (tertiary/aromatic N) is 1. The second-order valence-corrected chi connectivity index (χ2v) is 1.74. The lowest BCUT2D eigenvalue weighted by molar-refractivity contribution is 0.614. The molecule has 2 nitrogen and oxygen atoms in total. The van der Waals surface area contributed by atoms with Gasteiger partial charge in [-0.15, -0.1) is 24.0 Å². The fraction of sp³-hybridized carbons (Fsp3) is 0.750. The van der Waals surface area contributed by atoms with Gasteiger partial charge in [-0.3, -0.25) is 5.41 Å². The summed E-state index contributed by atoms with van der Waals surface area (Å²) in [6.07, 6.45) is 0. The molecular weight excluding hydrogens is 147 g/mol. The minimum absolute atomic E-state index is 0. The van der Waals surface area contributed by atoms with Gasteiger partial charge in [0.2, 0.25) is 0 Å². The van der Waals surface area contributed by atoms with Gasteiger partial charge >= 0.3 is 0 Å². The molecule has 0 saturated heterocycles. The van der Waals surface area contributed by atoms with Crippen LogP contribution in [-0.2, 0) is 0 Å². The lowest BCUT2D eigenvalue weighted by Crippen LogP contribution is -2.21. The van der Waals surface area contributed by atoms with E-state index >= 15 is 0 Å². The zero-order valence-electron chi connectivity index (χ0n) is 4.94. The molecule has 0 heterocycles. The van der Waals surface area contributed by atoms with Crippen molar-refractivity contribution in [3.05, 3.63) is 0 Å². The molecule has 0 atom stereocenters. The van der Waals surface area contributed by atoms with Crippen molar-refractivity contribution in [2.45, 2.75) is 0 Å². The van der Waals surface area contributed by atoms with Gasteiger partial charge in [0.05, 0.1) is 5.88 Å². The first kappa shape index (κ1) is 10.9. The second kappa shape index (κ2) is 5.19. The first-order chi connectivity index (χ1) is 3.18. The van der Waals surface area contributed by atoms with Crippen molar-refractivity contribution in [3.63, 3.8) is 0 Å². The van der Waals surface area contributed by atoms with Gasteiger partial charge in [-0.05, 0) is 0 Å². The number of halogens is 2.